The lowest BCUT2D eigenvalue weighted by Crippen LogP contribution is -2.40. The van der Waals surface area contributed by atoms with Gasteiger partial charge in [0.25, 0.3) is 0 Å². The molecule has 0 aromatic heterocycles. The maximum Gasteiger partial charge on any atom is 0.139 e. The molecule has 0 spiro atoms. The van der Waals surface area contributed by atoms with Crippen LogP contribution in [0, 0.1) is 0 Å². The molecule has 0 saturated heterocycles. The molecule has 0 saturated carbocycles. The van der Waals surface area contributed by atoms with Crippen LogP contribution in [0.3, 0.4) is 0 Å². The van der Waals surface area contributed by atoms with Gasteiger partial charge >= 0.3 is 0 Å². The highest BCUT2D eigenvalue weighted by Gasteiger charge is 2.12. The molecule has 4 nitrogen and oxygen atoms in total. The summed E-state index contributed by atoms with van der Waals surface area (Å²) < 4.78 is 10.6. The molecule has 0 radical (unpaired) electrons. The van der Waals surface area contributed by atoms with E-state index in [-0.39, 0.29) is 12.6 Å². The lowest BCUT2D eigenvalue weighted by Gasteiger charge is -2.20. The summed E-state index contributed by atoms with van der Waals surface area (Å²) in [4.78, 5) is 0. The summed E-state index contributed by atoms with van der Waals surface area (Å²) in [6.07, 6.45) is 1.43. The van der Waals surface area contributed by atoms with Crippen molar-refractivity contribution in [1.82, 2.24) is 5.32 Å². The van der Waals surface area contributed by atoms with Crippen LogP contribution < -0.4 is 10.1 Å². The van der Waals surface area contributed by atoms with Gasteiger partial charge in [0.2, 0.25) is 0 Å². The molecular formula is C15H23Cl2NO3. The molecule has 6 heteroatoms. The van der Waals surface area contributed by atoms with Gasteiger partial charge in [0.05, 0.1) is 11.6 Å². The summed E-state index contributed by atoms with van der Waals surface area (Å²) in [5, 5.41) is 14.2. The molecule has 0 heterocycles. The van der Waals surface area contributed by atoms with E-state index in [0.717, 1.165) is 12.8 Å². The Morgan fingerprint density at radius 3 is 2.71 bits per heavy atom. The van der Waals surface area contributed by atoms with Crippen LogP contribution in [0.2, 0.25) is 10.0 Å². The number of ether oxygens (including phenoxy) is 2. The molecule has 2 N–H and O–H groups in total. The standard InChI is InChI=1S/C15H23Cl2NO3/c1-3-4-12(9-20-2)18-8-13(19)10-21-15-7-11(16)5-6-14(15)17/h5-7,12-13,18-19H,3-4,8-10H2,1-2H3. The molecule has 0 fully saturated rings. The molecule has 0 aliphatic heterocycles. The molecule has 2 unspecified atom stereocenters. The third-order valence-electron chi connectivity index (χ3n) is 2.97. The van der Waals surface area contributed by atoms with Crippen LogP contribution in [0.4, 0.5) is 0 Å². The minimum atomic E-state index is -0.628. The Balaban J connectivity index is 2.36. The SMILES string of the molecule is CCCC(COC)NCC(O)COc1cc(Cl)ccc1Cl. The Labute approximate surface area is 136 Å². The number of nitrogens with one attached hydrogen (secondary N) is 1. The van der Waals surface area contributed by atoms with Gasteiger partial charge in [0.1, 0.15) is 18.5 Å². The minimum Gasteiger partial charge on any atom is -0.489 e. The Kier molecular flexibility index (Phi) is 9.04. The average Bonchev–Trinajstić information content (AvgIpc) is 2.46. The summed E-state index contributed by atoms with van der Waals surface area (Å²) in [6, 6.07) is 5.23. The van der Waals surface area contributed by atoms with E-state index in [2.05, 4.69) is 12.2 Å². The monoisotopic (exact) mass is 335 g/mol. The Morgan fingerprint density at radius 1 is 1.29 bits per heavy atom. The normalized spacial score (nSPS) is 14.0. The van der Waals surface area contributed by atoms with Crippen molar-refractivity contribution in [2.45, 2.75) is 31.9 Å². The Hall–Kier alpha value is -0.520. The Morgan fingerprint density at radius 2 is 2.05 bits per heavy atom. The maximum absolute atomic E-state index is 9.95. The third-order valence-corrected chi connectivity index (χ3v) is 3.52. The molecule has 0 aliphatic carbocycles. The van der Waals surface area contributed by atoms with Crippen molar-refractivity contribution < 1.29 is 14.6 Å². The van der Waals surface area contributed by atoms with Crippen molar-refractivity contribution >= 4 is 23.2 Å². The summed E-state index contributed by atoms with van der Waals surface area (Å²) in [5.74, 6) is 0.477. The average molecular weight is 336 g/mol. The van der Waals surface area contributed by atoms with E-state index >= 15 is 0 Å². The van der Waals surface area contributed by atoms with E-state index in [1.54, 1.807) is 25.3 Å². The first kappa shape index (κ1) is 18.5. The summed E-state index contributed by atoms with van der Waals surface area (Å²) in [6.45, 7) is 3.33. The molecule has 0 amide bonds. The molecule has 120 valence electrons. The predicted molar refractivity (Wildman–Crippen MR) is 86.5 cm³/mol. The number of benzene rings is 1. The summed E-state index contributed by atoms with van der Waals surface area (Å²) >= 11 is 11.9. The number of rotatable bonds is 10. The molecular weight excluding hydrogens is 313 g/mol. The van der Waals surface area contributed by atoms with Crippen LogP contribution >= 0.6 is 23.2 Å². The molecule has 1 rings (SSSR count). The first-order chi connectivity index (χ1) is 10.1. The number of methoxy groups -OCH3 is 1. The van der Waals surface area contributed by atoms with Crippen LogP contribution in [0.5, 0.6) is 5.75 Å². The van der Waals surface area contributed by atoms with Crippen molar-refractivity contribution in [2.75, 3.05) is 26.9 Å². The zero-order chi connectivity index (χ0) is 15.7. The second-order valence-corrected chi connectivity index (χ2v) is 5.73. The van der Waals surface area contributed by atoms with E-state index in [1.165, 1.54) is 0 Å². The summed E-state index contributed by atoms with van der Waals surface area (Å²) in [5.41, 5.74) is 0. The van der Waals surface area contributed by atoms with Gasteiger partial charge < -0.3 is 19.9 Å². The lowest BCUT2D eigenvalue weighted by molar-refractivity contribution is 0.0947. The topological polar surface area (TPSA) is 50.7 Å². The van der Waals surface area contributed by atoms with Gasteiger partial charge in [0.15, 0.2) is 0 Å². The fourth-order valence-corrected chi connectivity index (χ4v) is 2.26. The summed E-state index contributed by atoms with van der Waals surface area (Å²) in [7, 11) is 1.67. The second kappa shape index (κ2) is 10.2. The largest absolute Gasteiger partial charge is 0.489 e. The van der Waals surface area contributed by atoms with Gasteiger partial charge in [-0.2, -0.15) is 0 Å². The van der Waals surface area contributed by atoms with Gasteiger partial charge in [-0.1, -0.05) is 36.5 Å². The predicted octanol–water partition coefficient (Wildman–Crippen LogP) is 3.14. The van der Waals surface area contributed by atoms with Crippen LogP contribution in [0.25, 0.3) is 0 Å². The molecule has 2 atom stereocenters. The molecule has 1 aromatic carbocycles. The highest BCUT2D eigenvalue weighted by molar-refractivity contribution is 6.34. The fourth-order valence-electron chi connectivity index (χ4n) is 1.93. The van der Waals surface area contributed by atoms with Crippen LogP contribution in [-0.2, 0) is 4.74 Å². The zero-order valence-electron chi connectivity index (χ0n) is 12.4. The fraction of sp³-hybridized carbons (Fsp3) is 0.600. The molecule has 21 heavy (non-hydrogen) atoms. The van der Waals surface area contributed by atoms with Crippen molar-refractivity contribution in [3.05, 3.63) is 28.2 Å². The number of hydrogen-bond donors (Lipinski definition) is 2. The van der Waals surface area contributed by atoms with E-state index in [0.29, 0.717) is 28.9 Å². The second-order valence-electron chi connectivity index (χ2n) is 4.89. The van der Waals surface area contributed by atoms with Crippen LogP contribution in [-0.4, -0.2) is 44.1 Å². The first-order valence-electron chi connectivity index (χ1n) is 7.05. The lowest BCUT2D eigenvalue weighted by atomic mass is 10.2. The maximum atomic E-state index is 9.95. The zero-order valence-corrected chi connectivity index (χ0v) is 14.0. The number of aliphatic hydroxyl groups is 1. The van der Waals surface area contributed by atoms with Crippen molar-refractivity contribution in [1.29, 1.82) is 0 Å². The van der Waals surface area contributed by atoms with Gasteiger partial charge in [-0.3, -0.25) is 0 Å². The number of halogens is 2. The Bertz CT molecular complexity index is 412. The molecule has 1 aromatic rings. The van der Waals surface area contributed by atoms with Gasteiger partial charge in [0, 0.05) is 30.8 Å². The van der Waals surface area contributed by atoms with Gasteiger partial charge in [-0.25, -0.2) is 0 Å². The third kappa shape index (κ3) is 7.34. The van der Waals surface area contributed by atoms with E-state index in [9.17, 15) is 5.11 Å². The van der Waals surface area contributed by atoms with Crippen LogP contribution in [0.15, 0.2) is 18.2 Å². The van der Waals surface area contributed by atoms with E-state index < -0.39 is 6.10 Å². The van der Waals surface area contributed by atoms with Gasteiger partial charge in [-0.15, -0.1) is 0 Å². The van der Waals surface area contributed by atoms with Crippen molar-refractivity contribution in [3.8, 4) is 5.75 Å². The van der Waals surface area contributed by atoms with E-state index in [1.807, 2.05) is 0 Å². The van der Waals surface area contributed by atoms with E-state index in [4.69, 9.17) is 32.7 Å². The van der Waals surface area contributed by atoms with Crippen LogP contribution in [0.1, 0.15) is 19.8 Å². The highest BCUT2D eigenvalue weighted by atomic mass is 35.5. The number of aliphatic hydroxyl groups excluding tert-OH is 1. The quantitative estimate of drug-likeness (QED) is 0.689. The van der Waals surface area contributed by atoms with Crippen molar-refractivity contribution in [2.24, 2.45) is 0 Å². The number of hydrogen-bond acceptors (Lipinski definition) is 4. The van der Waals surface area contributed by atoms with Gasteiger partial charge in [-0.05, 0) is 18.6 Å². The minimum absolute atomic E-state index is 0.152. The highest BCUT2D eigenvalue weighted by Crippen LogP contribution is 2.27. The smallest absolute Gasteiger partial charge is 0.139 e. The molecule has 0 aliphatic rings. The van der Waals surface area contributed by atoms with Crippen molar-refractivity contribution in [3.63, 3.8) is 0 Å². The molecule has 0 bridgehead atoms. The first-order valence-corrected chi connectivity index (χ1v) is 7.80.